The Labute approximate surface area is 148 Å². The Kier molecular flexibility index (Phi) is 5.80. The van der Waals surface area contributed by atoms with Crippen LogP contribution < -0.4 is 16.4 Å². The third-order valence-corrected chi connectivity index (χ3v) is 3.94. The zero-order valence-corrected chi connectivity index (χ0v) is 14.9. The molecule has 132 valence electrons. The molecule has 0 aliphatic heterocycles. The first-order chi connectivity index (χ1) is 11.8. The molecular formula is C20H25N3O2. The molecule has 2 aromatic rings. The van der Waals surface area contributed by atoms with Crippen LogP contribution in [-0.2, 0) is 10.2 Å². The van der Waals surface area contributed by atoms with Crippen LogP contribution in [0.2, 0.25) is 0 Å². The number of primary amides is 1. The molecule has 0 aliphatic rings. The summed E-state index contributed by atoms with van der Waals surface area (Å²) in [6.45, 7) is 6.42. The van der Waals surface area contributed by atoms with Gasteiger partial charge in [0.2, 0.25) is 5.91 Å². The molecule has 0 spiro atoms. The van der Waals surface area contributed by atoms with Crippen LogP contribution in [0.3, 0.4) is 0 Å². The van der Waals surface area contributed by atoms with Gasteiger partial charge in [-0.3, -0.25) is 4.79 Å². The maximum atomic E-state index is 12.4. The Morgan fingerprint density at radius 3 is 2.12 bits per heavy atom. The Morgan fingerprint density at radius 2 is 1.60 bits per heavy atom. The van der Waals surface area contributed by atoms with Crippen molar-refractivity contribution in [3.63, 3.8) is 0 Å². The van der Waals surface area contributed by atoms with E-state index in [1.165, 1.54) is 5.56 Å². The van der Waals surface area contributed by atoms with Crippen molar-refractivity contribution in [3.05, 3.63) is 65.7 Å². The molecule has 0 saturated heterocycles. The van der Waals surface area contributed by atoms with Gasteiger partial charge < -0.3 is 16.4 Å². The van der Waals surface area contributed by atoms with Gasteiger partial charge in [-0.15, -0.1) is 0 Å². The summed E-state index contributed by atoms with van der Waals surface area (Å²) >= 11 is 0. The van der Waals surface area contributed by atoms with Gasteiger partial charge in [-0.25, -0.2) is 4.79 Å². The van der Waals surface area contributed by atoms with Crippen LogP contribution in [-0.4, -0.2) is 11.9 Å². The summed E-state index contributed by atoms with van der Waals surface area (Å²) in [4.78, 5) is 23.6. The van der Waals surface area contributed by atoms with Crippen molar-refractivity contribution in [2.45, 2.75) is 38.6 Å². The minimum atomic E-state index is -0.656. The molecule has 0 aromatic heterocycles. The van der Waals surface area contributed by atoms with Gasteiger partial charge in [0.05, 0.1) is 12.5 Å². The summed E-state index contributed by atoms with van der Waals surface area (Å²) in [6, 6.07) is 16.0. The largest absolute Gasteiger partial charge is 0.352 e. The van der Waals surface area contributed by atoms with E-state index in [9.17, 15) is 9.59 Å². The number of carbonyl (C=O) groups excluding carboxylic acids is 2. The quantitative estimate of drug-likeness (QED) is 0.775. The molecule has 0 fully saturated rings. The summed E-state index contributed by atoms with van der Waals surface area (Å²) in [5.41, 5.74) is 8.05. The zero-order chi connectivity index (χ0) is 18.4. The molecule has 1 unspecified atom stereocenters. The van der Waals surface area contributed by atoms with E-state index in [-0.39, 0.29) is 17.7 Å². The normalized spacial score (nSPS) is 12.3. The Morgan fingerprint density at radius 1 is 1.00 bits per heavy atom. The lowest BCUT2D eigenvalue weighted by atomic mass is 9.87. The number of carbonyl (C=O) groups is 2. The van der Waals surface area contributed by atoms with Crippen LogP contribution in [0.25, 0.3) is 0 Å². The lowest BCUT2D eigenvalue weighted by Crippen LogP contribution is -2.35. The third kappa shape index (κ3) is 5.64. The zero-order valence-electron chi connectivity index (χ0n) is 14.9. The number of rotatable bonds is 5. The minimum absolute atomic E-state index is 0.0619. The first-order valence-corrected chi connectivity index (χ1v) is 8.27. The molecule has 5 heteroatoms. The molecule has 0 saturated carbocycles. The average Bonchev–Trinajstić information content (AvgIpc) is 2.54. The van der Waals surface area contributed by atoms with Crippen LogP contribution >= 0.6 is 0 Å². The van der Waals surface area contributed by atoms with Crippen molar-refractivity contribution in [3.8, 4) is 0 Å². The number of urea groups is 1. The number of anilines is 1. The predicted octanol–water partition coefficient (Wildman–Crippen LogP) is 3.72. The fourth-order valence-electron chi connectivity index (χ4n) is 2.56. The number of amides is 3. The molecule has 4 N–H and O–H groups in total. The smallest absolute Gasteiger partial charge is 0.312 e. The second kappa shape index (κ2) is 7.83. The highest BCUT2D eigenvalue weighted by atomic mass is 16.2. The summed E-state index contributed by atoms with van der Waals surface area (Å²) in [5.74, 6) is -0.189. The van der Waals surface area contributed by atoms with E-state index >= 15 is 0 Å². The first kappa shape index (κ1) is 18.5. The number of hydrogen-bond acceptors (Lipinski definition) is 2. The van der Waals surface area contributed by atoms with Gasteiger partial charge in [-0.1, -0.05) is 63.2 Å². The third-order valence-electron chi connectivity index (χ3n) is 3.94. The molecule has 2 aromatic carbocycles. The molecule has 0 heterocycles. The van der Waals surface area contributed by atoms with E-state index in [2.05, 4.69) is 31.4 Å². The van der Waals surface area contributed by atoms with E-state index in [1.807, 2.05) is 54.6 Å². The van der Waals surface area contributed by atoms with Gasteiger partial charge in [-0.05, 0) is 28.7 Å². The predicted molar refractivity (Wildman–Crippen MR) is 100 cm³/mol. The van der Waals surface area contributed by atoms with Crippen molar-refractivity contribution in [2.75, 3.05) is 5.32 Å². The Bertz CT molecular complexity index is 719. The van der Waals surface area contributed by atoms with Gasteiger partial charge in [0.25, 0.3) is 0 Å². The van der Waals surface area contributed by atoms with E-state index in [0.717, 1.165) is 11.3 Å². The fraction of sp³-hybridized carbons (Fsp3) is 0.300. The van der Waals surface area contributed by atoms with Crippen molar-refractivity contribution in [1.29, 1.82) is 0 Å². The Hall–Kier alpha value is -2.82. The fourth-order valence-corrected chi connectivity index (χ4v) is 2.56. The number of nitrogens with two attached hydrogens (primary N) is 1. The molecule has 1 atom stereocenters. The van der Waals surface area contributed by atoms with Gasteiger partial charge in [0, 0.05) is 5.69 Å². The van der Waals surface area contributed by atoms with Gasteiger partial charge in [0.1, 0.15) is 0 Å². The molecular weight excluding hydrogens is 314 g/mol. The van der Waals surface area contributed by atoms with Crippen LogP contribution in [0, 0.1) is 0 Å². The first-order valence-electron chi connectivity index (χ1n) is 8.27. The highest BCUT2D eigenvalue weighted by Crippen LogP contribution is 2.24. The van der Waals surface area contributed by atoms with Gasteiger partial charge in [-0.2, -0.15) is 0 Å². The topological polar surface area (TPSA) is 84.2 Å². The highest BCUT2D eigenvalue weighted by Gasteiger charge is 2.18. The maximum Gasteiger partial charge on any atom is 0.312 e. The van der Waals surface area contributed by atoms with E-state index in [1.54, 1.807) is 0 Å². The van der Waals surface area contributed by atoms with Crippen LogP contribution in [0.5, 0.6) is 0 Å². The average molecular weight is 339 g/mol. The molecule has 3 amide bonds. The second-order valence-corrected chi connectivity index (χ2v) is 7.05. The van der Waals surface area contributed by atoms with E-state index in [0.29, 0.717) is 0 Å². The van der Waals surface area contributed by atoms with Crippen molar-refractivity contribution in [2.24, 2.45) is 5.73 Å². The standard InChI is InChI=1S/C20H25N3O2/c1-20(2,3)15-9-11-16(12-10-15)22-18(24)13-17(23-19(21)25)14-7-5-4-6-8-14/h4-12,17H,13H2,1-3H3,(H,22,24)(H3,21,23,25). The van der Waals surface area contributed by atoms with Crippen molar-refractivity contribution >= 4 is 17.6 Å². The lowest BCUT2D eigenvalue weighted by molar-refractivity contribution is -0.116. The SMILES string of the molecule is CC(C)(C)c1ccc(NC(=O)CC(NC(N)=O)c2ccccc2)cc1. The monoisotopic (exact) mass is 339 g/mol. The van der Waals surface area contributed by atoms with Crippen molar-refractivity contribution in [1.82, 2.24) is 5.32 Å². The maximum absolute atomic E-state index is 12.4. The molecule has 25 heavy (non-hydrogen) atoms. The summed E-state index contributed by atoms with van der Waals surface area (Å²) in [5, 5.41) is 5.48. The second-order valence-electron chi connectivity index (χ2n) is 7.05. The van der Waals surface area contributed by atoms with Crippen LogP contribution in [0.1, 0.15) is 44.4 Å². The lowest BCUT2D eigenvalue weighted by Gasteiger charge is -2.20. The number of benzene rings is 2. The molecule has 0 bridgehead atoms. The van der Waals surface area contributed by atoms with Gasteiger partial charge >= 0.3 is 6.03 Å². The summed E-state index contributed by atoms with van der Waals surface area (Å²) < 4.78 is 0. The summed E-state index contributed by atoms with van der Waals surface area (Å²) in [7, 11) is 0. The van der Waals surface area contributed by atoms with E-state index in [4.69, 9.17) is 5.73 Å². The summed E-state index contributed by atoms with van der Waals surface area (Å²) in [6.07, 6.45) is 0.105. The molecule has 2 rings (SSSR count). The number of hydrogen-bond donors (Lipinski definition) is 3. The highest BCUT2D eigenvalue weighted by molar-refractivity contribution is 5.91. The minimum Gasteiger partial charge on any atom is -0.352 e. The number of nitrogens with one attached hydrogen (secondary N) is 2. The van der Waals surface area contributed by atoms with Crippen LogP contribution in [0.4, 0.5) is 10.5 Å². The van der Waals surface area contributed by atoms with Crippen molar-refractivity contribution < 1.29 is 9.59 Å². The van der Waals surface area contributed by atoms with Crippen LogP contribution in [0.15, 0.2) is 54.6 Å². The molecule has 5 nitrogen and oxygen atoms in total. The van der Waals surface area contributed by atoms with Gasteiger partial charge in [0.15, 0.2) is 0 Å². The van der Waals surface area contributed by atoms with E-state index < -0.39 is 12.1 Å². The molecule has 0 aliphatic carbocycles. The Balaban J connectivity index is 2.05. The molecule has 0 radical (unpaired) electrons.